The van der Waals surface area contributed by atoms with E-state index in [9.17, 15) is 14.4 Å². The van der Waals surface area contributed by atoms with Crippen molar-refractivity contribution in [1.82, 2.24) is 10.2 Å². The summed E-state index contributed by atoms with van der Waals surface area (Å²) < 4.78 is 10.7. The molecular weight excluding hydrogens is 384 g/mol. The third-order valence-electron chi connectivity index (χ3n) is 4.46. The van der Waals surface area contributed by atoms with Crippen LogP contribution in [0, 0.1) is 12.8 Å². The summed E-state index contributed by atoms with van der Waals surface area (Å²) in [6.07, 6.45) is 0.579. The Morgan fingerprint density at radius 3 is 2.79 bits per heavy atom. The van der Waals surface area contributed by atoms with E-state index in [1.807, 2.05) is 20.8 Å². The van der Waals surface area contributed by atoms with Crippen LogP contribution in [0.25, 0.3) is 0 Å². The lowest BCUT2D eigenvalue weighted by Crippen LogP contribution is -2.58. The van der Waals surface area contributed by atoms with Gasteiger partial charge in [0.1, 0.15) is 11.8 Å². The lowest BCUT2D eigenvalue weighted by molar-refractivity contribution is -0.152. The fraction of sp³-hybridized carbons (Fsp3) is 0.550. The molecule has 1 aromatic carbocycles. The summed E-state index contributed by atoms with van der Waals surface area (Å²) in [7, 11) is 0. The summed E-state index contributed by atoms with van der Waals surface area (Å²) in [5.74, 6) is -0.279. The predicted molar refractivity (Wildman–Crippen MR) is 105 cm³/mol. The smallest absolute Gasteiger partial charge is 0.308 e. The number of aryl methyl sites for hydroxylation is 1. The number of hydrogen-bond acceptors (Lipinski definition) is 5. The number of carbonyl (C=O) groups excluding carboxylic acids is 3. The monoisotopic (exact) mass is 410 g/mol. The minimum atomic E-state index is -0.886. The third-order valence-corrected chi connectivity index (χ3v) is 4.89. The van der Waals surface area contributed by atoms with E-state index in [2.05, 4.69) is 5.32 Å². The van der Waals surface area contributed by atoms with Crippen molar-refractivity contribution >= 4 is 29.4 Å². The van der Waals surface area contributed by atoms with Crippen LogP contribution in [0.4, 0.5) is 0 Å². The van der Waals surface area contributed by atoms with Crippen LogP contribution in [0.5, 0.6) is 5.75 Å². The topological polar surface area (TPSA) is 84.9 Å². The molecule has 0 saturated carbocycles. The van der Waals surface area contributed by atoms with Gasteiger partial charge < -0.3 is 19.7 Å². The average Bonchev–Trinajstić information content (AvgIpc) is 2.63. The van der Waals surface area contributed by atoms with Gasteiger partial charge in [-0.3, -0.25) is 14.4 Å². The van der Waals surface area contributed by atoms with E-state index in [0.717, 1.165) is 12.0 Å². The van der Waals surface area contributed by atoms with E-state index < -0.39 is 12.0 Å². The number of rotatable bonds is 8. The van der Waals surface area contributed by atoms with Crippen LogP contribution in [0.1, 0.15) is 32.3 Å². The highest BCUT2D eigenvalue weighted by Gasteiger charge is 2.35. The number of nitrogens with one attached hydrogen (secondary N) is 1. The number of esters is 1. The zero-order chi connectivity index (χ0) is 20.7. The minimum absolute atomic E-state index is 0.171. The fourth-order valence-corrected chi connectivity index (χ4v) is 2.89. The van der Waals surface area contributed by atoms with Crippen molar-refractivity contribution in [3.63, 3.8) is 0 Å². The zero-order valence-electron chi connectivity index (χ0n) is 16.5. The number of halogens is 1. The number of piperazine rings is 1. The molecule has 7 nitrogen and oxygen atoms in total. The first-order chi connectivity index (χ1) is 13.3. The molecule has 1 aliphatic heterocycles. The standard InChI is InChI=1S/C20H27ClN2O5/c1-13(2)6-9-27-19(25)11-17-20(26)22-7-8-23(17)18(24)12-28-15-4-5-16(21)14(3)10-15/h4-5,10,13,17H,6-9,11-12H2,1-3H3,(H,22,26). The van der Waals surface area contributed by atoms with E-state index in [4.69, 9.17) is 21.1 Å². The normalized spacial score (nSPS) is 16.7. The molecule has 2 rings (SSSR count). The third kappa shape index (κ3) is 6.41. The maximum atomic E-state index is 12.6. The maximum absolute atomic E-state index is 12.6. The van der Waals surface area contributed by atoms with Gasteiger partial charge >= 0.3 is 5.97 Å². The number of benzene rings is 1. The quantitative estimate of drug-likeness (QED) is 0.665. The highest BCUT2D eigenvalue weighted by Crippen LogP contribution is 2.21. The summed E-state index contributed by atoms with van der Waals surface area (Å²) in [6, 6.07) is 4.22. The molecule has 1 heterocycles. The lowest BCUT2D eigenvalue weighted by atomic mass is 10.1. The molecule has 1 saturated heterocycles. The molecule has 8 heteroatoms. The molecule has 0 aromatic heterocycles. The molecule has 1 fully saturated rings. The molecule has 1 aromatic rings. The number of amides is 2. The lowest BCUT2D eigenvalue weighted by Gasteiger charge is -2.34. The molecule has 2 amide bonds. The second-order valence-electron chi connectivity index (χ2n) is 7.20. The maximum Gasteiger partial charge on any atom is 0.308 e. The van der Waals surface area contributed by atoms with Crippen LogP contribution in [0.3, 0.4) is 0 Å². The van der Waals surface area contributed by atoms with E-state index in [-0.39, 0.29) is 24.8 Å². The van der Waals surface area contributed by atoms with Crippen LogP contribution in [0.2, 0.25) is 5.02 Å². The molecule has 28 heavy (non-hydrogen) atoms. The summed E-state index contributed by atoms with van der Waals surface area (Å²) >= 11 is 5.98. The number of nitrogens with zero attached hydrogens (tertiary/aromatic N) is 1. The molecule has 154 valence electrons. The van der Waals surface area contributed by atoms with Gasteiger partial charge in [0.15, 0.2) is 6.61 Å². The van der Waals surface area contributed by atoms with Gasteiger partial charge in [0.05, 0.1) is 13.0 Å². The van der Waals surface area contributed by atoms with E-state index in [0.29, 0.717) is 36.4 Å². The second kappa shape index (κ2) is 10.3. The Morgan fingerprint density at radius 2 is 2.11 bits per heavy atom. The van der Waals surface area contributed by atoms with Crippen LogP contribution in [0.15, 0.2) is 18.2 Å². The van der Waals surface area contributed by atoms with E-state index >= 15 is 0 Å². The molecule has 1 N–H and O–H groups in total. The molecule has 1 aliphatic rings. The van der Waals surface area contributed by atoms with E-state index in [1.165, 1.54) is 4.90 Å². The van der Waals surface area contributed by atoms with Gasteiger partial charge in [-0.05, 0) is 43.0 Å². The Kier molecular flexibility index (Phi) is 8.11. The summed E-state index contributed by atoms with van der Waals surface area (Å²) in [6.45, 7) is 6.63. The Labute approximate surface area is 170 Å². The van der Waals surface area contributed by atoms with Gasteiger partial charge in [0.2, 0.25) is 5.91 Å². The van der Waals surface area contributed by atoms with Crippen molar-refractivity contribution in [2.75, 3.05) is 26.3 Å². The molecule has 1 unspecified atom stereocenters. The van der Waals surface area contributed by atoms with E-state index in [1.54, 1.807) is 18.2 Å². The second-order valence-corrected chi connectivity index (χ2v) is 7.61. The van der Waals surface area contributed by atoms with Crippen molar-refractivity contribution in [3.8, 4) is 5.75 Å². The van der Waals surface area contributed by atoms with Crippen molar-refractivity contribution < 1.29 is 23.9 Å². The molecule has 0 aliphatic carbocycles. The first kappa shape index (κ1) is 22.0. The highest BCUT2D eigenvalue weighted by molar-refractivity contribution is 6.31. The van der Waals surface area contributed by atoms with Gasteiger partial charge in [-0.15, -0.1) is 0 Å². The predicted octanol–water partition coefficient (Wildman–Crippen LogP) is 2.33. The van der Waals surface area contributed by atoms with Crippen molar-refractivity contribution in [2.24, 2.45) is 5.92 Å². The average molecular weight is 411 g/mol. The summed E-state index contributed by atoms with van der Waals surface area (Å²) in [4.78, 5) is 38.3. The van der Waals surface area contributed by atoms with Crippen molar-refractivity contribution in [1.29, 1.82) is 0 Å². The summed E-state index contributed by atoms with van der Waals surface area (Å²) in [5.41, 5.74) is 0.839. The first-order valence-electron chi connectivity index (χ1n) is 9.39. The molecule has 0 radical (unpaired) electrons. The van der Waals surface area contributed by atoms with Gasteiger partial charge in [-0.25, -0.2) is 0 Å². The van der Waals surface area contributed by atoms with Crippen LogP contribution in [-0.2, 0) is 19.1 Å². The Balaban J connectivity index is 1.93. The Bertz CT molecular complexity index is 723. The number of ether oxygens (including phenoxy) is 2. The van der Waals surface area contributed by atoms with Crippen LogP contribution >= 0.6 is 11.6 Å². The van der Waals surface area contributed by atoms with Crippen LogP contribution < -0.4 is 10.1 Å². The highest BCUT2D eigenvalue weighted by atomic mass is 35.5. The fourth-order valence-electron chi connectivity index (χ4n) is 2.78. The van der Waals surface area contributed by atoms with Gasteiger partial charge in [-0.2, -0.15) is 0 Å². The Morgan fingerprint density at radius 1 is 1.36 bits per heavy atom. The van der Waals surface area contributed by atoms with Gasteiger partial charge in [0, 0.05) is 18.1 Å². The molecule has 1 atom stereocenters. The number of carbonyl (C=O) groups is 3. The van der Waals surface area contributed by atoms with Crippen molar-refractivity contribution in [3.05, 3.63) is 28.8 Å². The summed E-state index contributed by atoms with van der Waals surface area (Å²) in [5, 5.41) is 3.30. The largest absolute Gasteiger partial charge is 0.484 e. The Hall–Kier alpha value is -2.28. The molecule has 0 bridgehead atoms. The van der Waals surface area contributed by atoms with Crippen LogP contribution in [-0.4, -0.2) is 55.0 Å². The molecular formula is C20H27ClN2O5. The van der Waals surface area contributed by atoms with Gasteiger partial charge in [0.25, 0.3) is 5.91 Å². The van der Waals surface area contributed by atoms with Gasteiger partial charge in [-0.1, -0.05) is 25.4 Å². The number of hydrogen-bond donors (Lipinski definition) is 1. The SMILES string of the molecule is Cc1cc(OCC(=O)N2CCNC(=O)C2CC(=O)OCCC(C)C)ccc1Cl. The zero-order valence-corrected chi connectivity index (χ0v) is 17.3. The molecule has 0 spiro atoms. The minimum Gasteiger partial charge on any atom is -0.484 e. The first-order valence-corrected chi connectivity index (χ1v) is 9.77. The van der Waals surface area contributed by atoms with Crippen molar-refractivity contribution in [2.45, 2.75) is 39.7 Å².